The van der Waals surface area contributed by atoms with E-state index in [1.165, 1.54) is 52.6 Å². The van der Waals surface area contributed by atoms with Crippen LogP contribution in [0.15, 0.2) is 108 Å². The lowest BCUT2D eigenvalue weighted by molar-refractivity contribution is -0.00473. The quantitative estimate of drug-likeness (QED) is 0.109. The fourth-order valence-electron chi connectivity index (χ4n) is 8.82. The summed E-state index contributed by atoms with van der Waals surface area (Å²) in [6.07, 6.45) is 8.57. The molecule has 2 aliphatic carbocycles. The van der Waals surface area contributed by atoms with Gasteiger partial charge in [0.05, 0.1) is 13.7 Å². The zero-order valence-corrected chi connectivity index (χ0v) is 31.7. The van der Waals surface area contributed by atoms with Crippen LogP contribution in [0.1, 0.15) is 107 Å². The van der Waals surface area contributed by atoms with Crippen LogP contribution in [0.25, 0.3) is 33.9 Å². The zero-order valence-electron chi connectivity index (χ0n) is 30.7. The molecule has 0 spiro atoms. The maximum absolute atomic E-state index is 6.01. The second-order valence-corrected chi connectivity index (χ2v) is 20.9. The highest BCUT2D eigenvalue weighted by Crippen LogP contribution is 2.57. The molecule has 0 aromatic heterocycles. The van der Waals surface area contributed by atoms with E-state index in [4.69, 9.17) is 4.74 Å². The van der Waals surface area contributed by atoms with E-state index in [-0.39, 0.29) is 5.60 Å². The topological polar surface area (TPSA) is 9.23 Å². The average molecular weight is 653 g/mol. The van der Waals surface area contributed by atoms with Gasteiger partial charge in [0.25, 0.3) is 0 Å². The molecule has 2 atom stereocenters. The summed E-state index contributed by atoms with van der Waals surface area (Å²) in [6, 6.07) is 36.4. The van der Waals surface area contributed by atoms with Crippen LogP contribution in [-0.4, -0.2) is 20.3 Å². The Bertz CT molecular complexity index is 1790. The Labute approximate surface area is 292 Å². The molecular weight excluding hydrogens is 597 g/mol. The van der Waals surface area contributed by atoms with Crippen LogP contribution in [0.4, 0.5) is 0 Å². The van der Waals surface area contributed by atoms with Gasteiger partial charge in [-0.05, 0) is 103 Å². The highest BCUT2D eigenvalue weighted by atomic mass is 28.3. The Morgan fingerprint density at radius 3 is 1.88 bits per heavy atom. The van der Waals surface area contributed by atoms with Crippen molar-refractivity contribution < 1.29 is 4.74 Å². The van der Waals surface area contributed by atoms with E-state index >= 15 is 0 Å². The van der Waals surface area contributed by atoms with E-state index in [2.05, 4.69) is 158 Å². The van der Waals surface area contributed by atoms with Crippen LogP contribution in [0.3, 0.4) is 0 Å². The highest BCUT2D eigenvalue weighted by molar-refractivity contribution is 6.82. The summed E-state index contributed by atoms with van der Waals surface area (Å²) in [5.41, 5.74) is 17.3. The Morgan fingerprint density at radius 1 is 0.667 bits per heavy atom. The van der Waals surface area contributed by atoms with E-state index in [9.17, 15) is 0 Å². The summed E-state index contributed by atoms with van der Waals surface area (Å²) < 4.78 is 6.01. The molecule has 1 nitrogen and oxygen atoms in total. The molecule has 0 amide bonds. The van der Waals surface area contributed by atoms with E-state index in [0.717, 1.165) is 19.4 Å². The molecule has 0 radical (unpaired) electrons. The van der Waals surface area contributed by atoms with Crippen molar-refractivity contribution in [2.24, 2.45) is 5.92 Å². The van der Waals surface area contributed by atoms with Crippen molar-refractivity contribution in [2.45, 2.75) is 103 Å². The molecule has 4 aromatic rings. The molecule has 0 saturated carbocycles. The van der Waals surface area contributed by atoms with Crippen molar-refractivity contribution >= 4 is 19.7 Å². The summed E-state index contributed by atoms with van der Waals surface area (Å²) >= 11 is 0. The fourth-order valence-corrected chi connectivity index (χ4v) is 13.8. The van der Waals surface area contributed by atoms with Crippen molar-refractivity contribution in [1.82, 2.24) is 0 Å². The molecule has 0 bridgehead atoms. The van der Waals surface area contributed by atoms with E-state index in [1.54, 1.807) is 27.8 Å². The second kappa shape index (κ2) is 14.2. The number of allylic oxidation sites excluding steroid dienone is 3. The maximum atomic E-state index is 6.01. The third-order valence-electron chi connectivity index (χ3n) is 10.9. The van der Waals surface area contributed by atoms with Crippen LogP contribution in [0, 0.1) is 5.92 Å². The van der Waals surface area contributed by atoms with Gasteiger partial charge in [0.1, 0.15) is 0 Å². The molecule has 0 heterocycles. The van der Waals surface area contributed by atoms with Gasteiger partial charge in [0, 0.05) is 17.7 Å². The lowest BCUT2D eigenvalue weighted by atomic mass is 9.91. The number of fused-ring (bicyclic) bond motifs is 2. The SMILES string of the molecule is CC1=C(CCCCCCOC(C)(C)C)c2c(-c3ccccc3)cccc2C1[Si](C)(C)C1C(C(C)C)=Cc2c(-c3ccccc3)cccc21. The summed E-state index contributed by atoms with van der Waals surface area (Å²) in [4.78, 5) is 0. The lowest BCUT2D eigenvalue weighted by Crippen LogP contribution is -2.43. The first-order valence-electron chi connectivity index (χ1n) is 18.4. The summed E-state index contributed by atoms with van der Waals surface area (Å²) in [7, 11) is -2.04. The molecule has 4 aromatic carbocycles. The fraction of sp³-hybridized carbons (Fsp3) is 0.391. The van der Waals surface area contributed by atoms with Crippen LogP contribution >= 0.6 is 0 Å². The summed E-state index contributed by atoms with van der Waals surface area (Å²) in [5, 5.41) is 0. The maximum Gasteiger partial charge on any atom is 0.0722 e. The smallest absolute Gasteiger partial charge is 0.0722 e. The minimum atomic E-state index is -2.04. The molecule has 250 valence electrons. The van der Waals surface area contributed by atoms with Crippen molar-refractivity contribution in [1.29, 1.82) is 0 Å². The van der Waals surface area contributed by atoms with Crippen LogP contribution < -0.4 is 0 Å². The van der Waals surface area contributed by atoms with Crippen molar-refractivity contribution in [3.05, 3.63) is 130 Å². The number of hydrogen-bond acceptors (Lipinski definition) is 1. The van der Waals surface area contributed by atoms with Crippen LogP contribution in [-0.2, 0) is 4.74 Å². The van der Waals surface area contributed by atoms with E-state index in [1.807, 2.05) is 0 Å². The molecule has 6 rings (SSSR count). The van der Waals surface area contributed by atoms with Gasteiger partial charge in [0.15, 0.2) is 0 Å². The van der Waals surface area contributed by atoms with Gasteiger partial charge in [-0.2, -0.15) is 0 Å². The number of hydrogen-bond donors (Lipinski definition) is 0. The first-order valence-corrected chi connectivity index (χ1v) is 21.6. The Morgan fingerprint density at radius 2 is 1.25 bits per heavy atom. The van der Waals surface area contributed by atoms with Gasteiger partial charge in [-0.15, -0.1) is 0 Å². The van der Waals surface area contributed by atoms with Gasteiger partial charge in [0.2, 0.25) is 0 Å². The van der Waals surface area contributed by atoms with Crippen molar-refractivity contribution in [3.8, 4) is 22.3 Å². The number of rotatable bonds is 12. The van der Waals surface area contributed by atoms with Gasteiger partial charge < -0.3 is 4.74 Å². The summed E-state index contributed by atoms with van der Waals surface area (Å²) in [5.74, 6) is 0.500. The minimum Gasteiger partial charge on any atom is -0.376 e. The molecule has 2 heteroatoms. The zero-order chi connectivity index (χ0) is 34.1. The second-order valence-electron chi connectivity index (χ2n) is 16.1. The first-order chi connectivity index (χ1) is 23.0. The third-order valence-corrected chi connectivity index (χ3v) is 15.3. The monoisotopic (exact) mass is 652 g/mol. The van der Waals surface area contributed by atoms with Crippen LogP contribution in [0.5, 0.6) is 0 Å². The van der Waals surface area contributed by atoms with Crippen molar-refractivity contribution in [3.63, 3.8) is 0 Å². The summed E-state index contributed by atoms with van der Waals surface area (Å²) in [6.45, 7) is 20.0. The Balaban J connectivity index is 1.39. The highest BCUT2D eigenvalue weighted by Gasteiger charge is 2.49. The van der Waals surface area contributed by atoms with E-state index in [0.29, 0.717) is 17.0 Å². The van der Waals surface area contributed by atoms with Gasteiger partial charge in [-0.3, -0.25) is 0 Å². The molecule has 0 saturated heterocycles. The molecule has 0 fully saturated rings. The molecular formula is C46H56OSi. The van der Waals surface area contributed by atoms with E-state index < -0.39 is 8.07 Å². The third kappa shape index (κ3) is 6.85. The first kappa shape index (κ1) is 34.4. The largest absolute Gasteiger partial charge is 0.376 e. The Kier molecular flexibility index (Phi) is 10.2. The van der Waals surface area contributed by atoms with Gasteiger partial charge in [-0.1, -0.05) is 154 Å². The standard InChI is InChI=1S/C46H56OSi/c1-32(2)41-31-42-37(34-21-13-11-14-22-34)26-19-28-39(42)45(41)48(7,8)44-33(3)36(25-17-9-10-18-30-47-46(4,5)6)43-38(27-20-29-40(43)44)35-23-15-12-16-24-35/h11-16,19-24,26-29,31-32,44-45H,9-10,17-18,25,30H2,1-8H3. The number of benzene rings is 4. The van der Waals surface area contributed by atoms with Crippen molar-refractivity contribution in [2.75, 3.05) is 6.61 Å². The lowest BCUT2D eigenvalue weighted by Gasteiger charge is -2.40. The average Bonchev–Trinajstić information content (AvgIpc) is 3.61. The molecule has 2 aliphatic rings. The molecule has 0 aliphatic heterocycles. The van der Waals surface area contributed by atoms with Gasteiger partial charge in [-0.25, -0.2) is 0 Å². The molecule has 48 heavy (non-hydrogen) atoms. The van der Waals surface area contributed by atoms with Crippen LogP contribution in [0.2, 0.25) is 13.1 Å². The Hall–Kier alpha value is -3.46. The molecule has 2 unspecified atom stereocenters. The normalized spacial score (nSPS) is 17.6. The van der Waals surface area contributed by atoms with Gasteiger partial charge >= 0.3 is 0 Å². The molecule has 0 N–H and O–H groups in total. The number of ether oxygens (including phenoxy) is 1. The predicted molar refractivity (Wildman–Crippen MR) is 211 cm³/mol. The predicted octanol–water partition coefficient (Wildman–Crippen LogP) is 13.3. The minimum absolute atomic E-state index is 0.0530. The number of unbranched alkanes of at least 4 members (excludes halogenated alkanes) is 3.